The number of hydrogen-bond donors (Lipinski definition) is 1. The van der Waals surface area contributed by atoms with Gasteiger partial charge in [0.1, 0.15) is 0 Å². The molecular weight excluding hydrogens is 208 g/mol. The summed E-state index contributed by atoms with van der Waals surface area (Å²) < 4.78 is 10.1. The van der Waals surface area contributed by atoms with Crippen molar-refractivity contribution in [3.63, 3.8) is 0 Å². The van der Waals surface area contributed by atoms with Crippen LogP contribution in [0.25, 0.3) is 0 Å². The number of piperazine rings is 1. The lowest BCUT2D eigenvalue weighted by Crippen LogP contribution is -2.45. The Morgan fingerprint density at radius 3 is 2.71 bits per heavy atom. The molecule has 2 fully saturated rings. The SMILES string of the molecule is CC(=O)OC1OC1N1CCNCC1.Cl. The Kier molecular flexibility index (Phi) is 4.12. The van der Waals surface area contributed by atoms with E-state index in [1.807, 2.05) is 0 Å². The van der Waals surface area contributed by atoms with Gasteiger partial charge in [-0.1, -0.05) is 0 Å². The number of nitrogens with one attached hydrogen (secondary N) is 1. The molecule has 82 valence electrons. The lowest BCUT2D eigenvalue weighted by atomic mass is 10.3. The lowest BCUT2D eigenvalue weighted by Gasteiger charge is -2.24. The van der Waals surface area contributed by atoms with Gasteiger partial charge in [-0.3, -0.25) is 9.69 Å². The minimum Gasteiger partial charge on any atom is -0.431 e. The second kappa shape index (κ2) is 4.93. The van der Waals surface area contributed by atoms with E-state index >= 15 is 0 Å². The monoisotopic (exact) mass is 222 g/mol. The predicted octanol–water partition coefficient (Wildman–Crippen LogP) is -0.441. The average Bonchev–Trinajstić information content (AvgIpc) is 2.84. The summed E-state index contributed by atoms with van der Waals surface area (Å²) in [5.41, 5.74) is 0. The van der Waals surface area contributed by atoms with E-state index in [9.17, 15) is 4.79 Å². The van der Waals surface area contributed by atoms with Crippen LogP contribution in [0.15, 0.2) is 0 Å². The molecule has 6 heteroatoms. The van der Waals surface area contributed by atoms with Crippen molar-refractivity contribution in [1.29, 1.82) is 0 Å². The van der Waals surface area contributed by atoms with E-state index in [1.165, 1.54) is 6.92 Å². The van der Waals surface area contributed by atoms with Crippen molar-refractivity contribution in [2.45, 2.75) is 19.4 Å². The molecule has 2 unspecified atom stereocenters. The normalized spacial score (nSPS) is 31.8. The standard InChI is InChI=1S/C8H14N2O3.ClH/c1-6(11)12-8-7(13-8)10-4-2-9-3-5-10;/h7-9H,2-5H2,1H3;1H. The summed E-state index contributed by atoms with van der Waals surface area (Å²) in [7, 11) is 0. The van der Waals surface area contributed by atoms with E-state index in [-0.39, 0.29) is 30.9 Å². The van der Waals surface area contributed by atoms with Crippen molar-refractivity contribution in [2.75, 3.05) is 26.2 Å². The van der Waals surface area contributed by atoms with Crippen LogP contribution in [0, 0.1) is 0 Å². The van der Waals surface area contributed by atoms with Gasteiger partial charge in [0.05, 0.1) is 0 Å². The number of nitrogens with zero attached hydrogens (tertiary/aromatic N) is 1. The molecule has 0 bridgehead atoms. The summed E-state index contributed by atoms with van der Waals surface area (Å²) >= 11 is 0. The van der Waals surface area contributed by atoms with Crippen molar-refractivity contribution in [3.8, 4) is 0 Å². The molecule has 0 aromatic heterocycles. The highest BCUT2D eigenvalue weighted by molar-refractivity contribution is 5.85. The summed E-state index contributed by atoms with van der Waals surface area (Å²) in [6.07, 6.45) is -0.318. The van der Waals surface area contributed by atoms with E-state index in [2.05, 4.69) is 10.2 Å². The second-order valence-corrected chi connectivity index (χ2v) is 3.29. The smallest absolute Gasteiger partial charge is 0.305 e. The van der Waals surface area contributed by atoms with Gasteiger partial charge in [-0.2, -0.15) is 0 Å². The Labute approximate surface area is 89.1 Å². The van der Waals surface area contributed by atoms with Crippen molar-refractivity contribution in [1.82, 2.24) is 10.2 Å². The lowest BCUT2D eigenvalue weighted by molar-refractivity contribution is -0.145. The zero-order valence-corrected chi connectivity index (χ0v) is 8.88. The van der Waals surface area contributed by atoms with Crippen LogP contribution in [0.5, 0.6) is 0 Å². The van der Waals surface area contributed by atoms with Gasteiger partial charge in [-0.05, 0) is 0 Å². The Bertz CT molecular complexity index is 209. The Balaban J connectivity index is 0.000000980. The van der Waals surface area contributed by atoms with Crippen LogP contribution in [0.3, 0.4) is 0 Å². The molecule has 0 aliphatic carbocycles. The van der Waals surface area contributed by atoms with E-state index < -0.39 is 0 Å². The number of esters is 1. The number of hydrogen-bond acceptors (Lipinski definition) is 5. The van der Waals surface area contributed by atoms with E-state index in [4.69, 9.17) is 9.47 Å². The fourth-order valence-corrected chi connectivity index (χ4v) is 1.54. The van der Waals surface area contributed by atoms with Crippen molar-refractivity contribution in [2.24, 2.45) is 0 Å². The molecule has 14 heavy (non-hydrogen) atoms. The van der Waals surface area contributed by atoms with Crippen LogP contribution < -0.4 is 5.32 Å². The summed E-state index contributed by atoms with van der Waals surface area (Å²) in [5.74, 6) is -0.275. The van der Waals surface area contributed by atoms with Crippen LogP contribution in [-0.2, 0) is 14.3 Å². The summed E-state index contributed by atoms with van der Waals surface area (Å²) in [4.78, 5) is 12.8. The first-order chi connectivity index (χ1) is 6.27. The molecule has 2 rings (SSSR count). The van der Waals surface area contributed by atoms with Crippen LogP contribution in [-0.4, -0.2) is 49.6 Å². The Hall–Kier alpha value is -0.360. The first-order valence-corrected chi connectivity index (χ1v) is 4.55. The molecule has 5 nitrogen and oxygen atoms in total. The largest absolute Gasteiger partial charge is 0.431 e. The molecule has 2 aliphatic heterocycles. The van der Waals surface area contributed by atoms with Crippen LogP contribution in [0.1, 0.15) is 6.92 Å². The van der Waals surface area contributed by atoms with Gasteiger partial charge in [0.2, 0.25) is 6.29 Å². The quantitative estimate of drug-likeness (QED) is 0.507. The fraction of sp³-hybridized carbons (Fsp3) is 0.875. The number of carbonyl (C=O) groups excluding carboxylic acids is 1. The third kappa shape index (κ3) is 2.81. The minimum absolute atomic E-state index is 0. The highest BCUT2D eigenvalue weighted by Gasteiger charge is 2.46. The summed E-state index contributed by atoms with van der Waals surface area (Å²) in [5, 5.41) is 3.25. The van der Waals surface area contributed by atoms with Gasteiger partial charge in [0.25, 0.3) is 0 Å². The summed E-state index contributed by atoms with van der Waals surface area (Å²) in [6.45, 7) is 5.28. The number of halogens is 1. The molecule has 0 radical (unpaired) electrons. The van der Waals surface area contributed by atoms with Gasteiger partial charge in [-0.25, -0.2) is 0 Å². The maximum atomic E-state index is 10.6. The molecule has 2 heterocycles. The third-order valence-electron chi connectivity index (χ3n) is 2.22. The summed E-state index contributed by atoms with van der Waals surface area (Å²) in [6, 6.07) is 0. The maximum absolute atomic E-state index is 10.6. The molecular formula is C8H15ClN2O3. The molecule has 0 aromatic rings. The van der Waals surface area contributed by atoms with Crippen molar-refractivity contribution in [3.05, 3.63) is 0 Å². The van der Waals surface area contributed by atoms with Crippen LogP contribution in [0.2, 0.25) is 0 Å². The van der Waals surface area contributed by atoms with Gasteiger partial charge < -0.3 is 14.8 Å². The maximum Gasteiger partial charge on any atom is 0.305 e. The van der Waals surface area contributed by atoms with Crippen LogP contribution in [0.4, 0.5) is 0 Å². The van der Waals surface area contributed by atoms with Gasteiger partial charge in [0, 0.05) is 33.1 Å². The van der Waals surface area contributed by atoms with Gasteiger partial charge >= 0.3 is 5.97 Å². The van der Waals surface area contributed by atoms with E-state index in [1.54, 1.807) is 0 Å². The Morgan fingerprint density at radius 1 is 1.50 bits per heavy atom. The van der Waals surface area contributed by atoms with E-state index in [0.29, 0.717) is 0 Å². The first kappa shape index (κ1) is 11.7. The number of epoxide rings is 1. The Morgan fingerprint density at radius 2 is 2.14 bits per heavy atom. The topological polar surface area (TPSA) is 54.1 Å². The number of carbonyl (C=O) groups is 1. The average molecular weight is 223 g/mol. The molecule has 0 saturated carbocycles. The van der Waals surface area contributed by atoms with Gasteiger partial charge in [0.15, 0.2) is 6.23 Å². The fourth-order valence-electron chi connectivity index (χ4n) is 1.54. The molecule has 1 N–H and O–H groups in total. The highest BCUT2D eigenvalue weighted by atomic mass is 35.5. The van der Waals surface area contributed by atoms with Gasteiger partial charge in [-0.15, -0.1) is 12.4 Å². The zero-order valence-electron chi connectivity index (χ0n) is 8.06. The molecule has 0 amide bonds. The second-order valence-electron chi connectivity index (χ2n) is 3.29. The highest BCUT2D eigenvalue weighted by Crippen LogP contribution is 2.27. The predicted molar refractivity (Wildman–Crippen MR) is 52.1 cm³/mol. The minimum atomic E-state index is -0.324. The number of rotatable bonds is 2. The van der Waals surface area contributed by atoms with E-state index in [0.717, 1.165) is 26.2 Å². The zero-order chi connectivity index (χ0) is 9.26. The molecule has 0 aromatic carbocycles. The molecule has 2 atom stereocenters. The van der Waals surface area contributed by atoms with Crippen molar-refractivity contribution >= 4 is 18.4 Å². The van der Waals surface area contributed by atoms with Crippen LogP contribution >= 0.6 is 12.4 Å². The molecule has 2 aliphatic rings. The van der Waals surface area contributed by atoms with Crippen molar-refractivity contribution < 1.29 is 14.3 Å². The third-order valence-corrected chi connectivity index (χ3v) is 2.22. The first-order valence-electron chi connectivity index (χ1n) is 4.55. The molecule has 0 spiro atoms. The number of ether oxygens (including phenoxy) is 2. The molecule has 2 saturated heterocycles.